The van der Waals surface area contributed by atoms with Crippen LogP contribution in [0.15, 0.2) is 53.4 Å². The van der Waals surface area contributed by atoms with E-state index in [0.29, 0.717) is 11.4 Å². The molecule has 1 N–H and O–H groups in total. The van der Waals surface area contributed by atoms with Crippen LogP contribution in [0.5, 0.6) is 0 Å². The Labute approximate surface area is 130 Å². The highest BCUT2D eigenvalue weighted by molar-refractivity contribution is 9.09. The van der Waals surface area contributed by atoms with Crippen LogP contribution in [0.25, 0.3) is 0 Å². The summed E-state index contributed by atoms with van der Waals surface area (Å²) in [5, 5.41) is 0.347. The van der Waals surface area contributed by atoms with Gasteiger partial charge >= 0.3 is 0 Å². The Balaban J connectivity index is 2.29. The van der Waals surface area contributed by atoms with Crippen LogP contribution in [-0.4, -0.2) is 13.7 Å². The van der Waals surface area contributed by atoms with Crippen molar-refractivity contribution in [2.24, 2.45) is 0 Å². The van der Waals surface area contributed by atoms with Crippen molar-refractivity contribution in [2.45, 2.75) is 10.9 Å². The fraction of sp³-hybridized carbons (Fsp3) is 0.143. The van der Waals surface area contributed by atoms with E-state index in [2.05, 4.69) is 20.7 Å². The smallest absolute Gasteiger partial charge is 0.207 e. The van der Waals surface area contributed by atoms with Gasteiger partial charge in [0.1, 0.15) is 0 Å². The van der Waals surface area contributed by atoms with Gasteiger partial charge in [0.2, 0.25) is 10.0 Å². The molecule has 0 fully saturated rings. The fourth-order valence-electron chi connectivity index (χ4n) is 1.77. The maximum absolute atomic E-state index is 13.2. The number of halogens is 3. The zero-order valence-electron chi connectivity index (χ0n) is 10.8. The number of sulfonamides is 1. The van der Waals surface area contributed by atoms with Crippen molar-refractivity contribution >= 4 is 26.0 Å². The first-order valence-electron chi connectivity index (χ1n) is 6.02. The summed E-state index contributed by atoms with van der Waals surface area (Å²) in [4.78, 5) is -0.316. The van der Waals surface area contributed by atoms with Gasteiger partial charge in [-0.05, 0) is 23.8 Å². The molecule has 0 bridgehead atoms. The highest BCUT2D eigenvalue weighted by atomic mass is 79.9. The van der Waals surface area contributed by atoms with Crippen LogP contribution in [0.1, 0.15) is 11.6 Å². The third-order valence-corrected chi connectivity index (χ3v) is 4.97. The van der Waals surface area contributed by atoms with Crippen LogP contribution in [0.3, 0.4) is 0 Å². The molecule has 0 heterocycles. The molecule has 2 aromatic carbocycles. The van der Waals surface area contributed by atoms with E-state index in [1.807, 2.05) is 6.07 Å². The van der Waals surface area contributed by atoms with E-state index in [9.17, 15) is 17.2 Å². The molecule has 0 aliphatic heterocycles. The molecule has 0 saturated heterocycles. The van der Waals surface area contributed by atoms with E-state index in [0.717, 1.165) is 17.7 Å². The molecule has 0 aliphatic rings. The van der Waals surface area contributed by atoms with Crippen molar-refractivity contribution in [2.75, 3.05) is 5.33 Å². The van der Waals surface area contributed by atoms with Gasteiger partial charge in [0.25, 0.3) is 0 Å². The Bertz CT molecular complexity index is 723. The topological polar surface area (TPSA) is 46.2 Å². The Kier molecular flexibility index (Phi) is 5.08. The van der Waals surface area contributed by atoms with E-state index >= 15 is 0 Å². The first kappa shape index (κ1) is 16.1. The second-order valence-corrected chi connectivity index (χ2v) is 6.68. The molecule has 0 saturated carbocycles. The van der Waals surface area contributed by atoms with Crippen LogP contribution in [0.2, 0.25) is 0 Å². The Morgan fingerprint density at radius 3 is 2.29 bits per heavy atom. The fourth-order valence-corrected chi connectivity index (χ4v) is 3.76. The molecule has 2 aromatic rings. The molecule has 112 valence electrons. The summed E-state index contributed by atoms with van der Waals surface area (Å²) in [5.41, 5.74) is 0.764. The normalized spacial score (nSPS) is 13.1. The van der Waals surface area contributed by atoms with Gasteiger partial charge < -0.3 is 0 Å². The van der Waals surface area contributed by atoms with Crippen LogP contribution >= 0.6 is 15.9 Å². The molecular formula is C14H12BrF2NO2S. The number of nitrogens with one attached hydrogen (secondary N) is 1. The van der Waals surface area contributed by atoms with Gasteiger partial charge in [-0.2, -0.15) is 0 Å². The Morgan fingerprint density at radius 2 is 1.71 bits per heavy atom. The van der Waals surface area contributed by atoms with Crippen molar-refractivity contribution in [3.63, 3.8) is 0 Å². The zero-order chi connectivity index (χ0) is 15.5. The molecule has 3 nitrogen and oxygen atoms in total. The highest BCUT2D eigenvalue weighted by Gasteiger charge is 2.21. The molecule has 21 heavy (non-hydrogen) atoms. The van der Waals surface area contributed by atoms with Crippen molar-refractivity contribution in [3.05, 3.63) is 65.7 Å². The lowest BCUT2D eigenvalue weighted by atomic mass is 10.1. The molecular weight excluding hydrogens is 364 g/mol. The van der Waals surface area contributed by atoms with Crippen molar-refractivity contribution in [1.29, 1.82) is 0 Å². The highest BCUT2D eigenvalue weighted by Crippen LogP contribution is 2.20. The van der Waals surface area contributed by atoms with Crippen molar-refractivity contribution in [3.8, 4) is 0 Å². The SMILES string of the molecule is O=S(=O)(NC(CBr)c1ccccc1)c1ccc(F)c(F)c1. The standard InChI is InChI=1S/C14H12BrF2NO2S/c15-9-14(10-4-2-1-3-5-10)18-21(19,20)11-6-7-12(16)13(17)8-11/h1-8,14,18H,9H2. The van der Waals surface area contributed by atoms with Crippen LogP contribution < -0.4 is 4.72 Å². The average Bonchev–Trinajstić information content (AvgIpc) is 2.48. The van der Waals surface area contributed by atoms with Crippen molar-refractivity contribution in [1.82, 2.24) is 4.72 Å². The summed E-state index contributed by atoms with van der Waals surface area (Å²) >= 11 is 3.24. The quantitative estimate of drug-likeness (QED) is 0.814. The van der Waals surface area contributed by atoms with Gasteiger partial charge in [-0.15, -0.1) is 0 Å². The summed E-state index contributed by atoms with van der Waals surface area (Å²) in [6.07, 6.45) is 0. The molecule has 0 spiro atoms. The molecule has 2 rings (SSSR count). The zero-order valence-corrected chi connectivity index (χ0v) is 13.2. The lowest BCUT2D eigenvalue weighted by Crippen LogP contribution is -2.29. The van der Waals surface area contributed by atoms with E-state index in [4.69, 9.17) is 0 Å². The minimum absolute atomic E-state index is 0.316. The van der Waals surface area contributed by atoms with Gasteiger partial charge in [-0.1, -0.05) is 46.3 Å². The van der Waals surface area contributed by atoms with E-state index < -0.39 is 27.7 Å². The largest absolute Gasteiger partial charge is 0.241 e. The third-order valence-electron chi connectivity index (χ3n) is 2.86. The molecule has 0 aromatic heterocycles. The second-order valence-electron chi connectivity index (χ2n) is 4.31. The number of alkyl halides is 1. The van der Waals surface area contributed by atoms with Gasteiger partial charge in [0, 0.05) is 5.33 Å². The molecule has 0 radical (unpaired) electrons. The maximum atomic E-state index is 13.2. The number of hydrogen-bond donors (Lipinski definition) is 1. The van der Waals surface area contributed by atoms with Gasteiger partial charge in [0.05, 0.1) is 10.9 Å². The van der Waals surface area contributed by atoms with Gasteiger partial charge in [0.15, 0.2) is 11.6 Å². The average molecular weight is 376 g/mol. The third kappa shape index (κ3) is 3.87. The number of hydrogen-bond acceptors (Lipinski definition) is 2. The van der Waals surface area contributed by atoms with E-state index in [1.165, 1.54) is 0 Å². The molecule has 1 atom stereocenters. The first-order valence-corrected chi connectivity index (χ1v) is 8.63. The van der Waals surface area contributed by atoms with E-state index in [-0.39, 0.29) is 4.90 Å². The second kappa shape index (κ2) is 6.64. The minimum Gasteiger partial charge on any atom is -0.207 e. The molecule has 7 heteroatoms. The number of rotatable bonds is 5. The Morgan fingerprint density at radius 1 is 1.05 bits per heavy atom. The summed E-state index contributed by atoms with van der Waals surface area (Å²) in [5.74, 6) is -2.29. The van der Waals surface area contributed by atoms with Crippen molar-refractivity contribution < 1.29 is 17.2 Å². The summed E-state index contributed by atoms with van der Waals surface area (Å²) in [6, 6.07) is 10.9. The predicted molar refractivity (Wildman–Crippen MR) is 79.7 cm³/mol. The number of benzene rings is 2. The minimum atomic E-state index is -3.95. The Hall–Kier alpha value is -1.31. The van der Waals surface area contributed by atoms with E-state index in [1.54, 1.807) is 24.3 Å². The van der Waals surface area contributed by atoms with Gasteiger partial charge in [-0.25, -0.2) is 21.9 Å². The van der Waals surface area contributed by atoms with Crippen LogP contribution in [0.4, 0.5) is 8.78 Å². The summed E-state index contributed by atoms with van der Waals surface area (Å²) in [6.45, 7) is 0. The molecule has 1 unspecified atom stereocenters. The van der Waals surface area contributed by atoms with Crippen LogP contribution in [-0.2, 0) is 10.0 Å². The lowest BCUT2D eigenvalue weighted by Gasteiger charge is -2.17. The van der Waals surface area contributed by atoms with Gasteiger partial charge in [-0.3, -0.25) is 0 Å². The lowest BCUT2D eigenvalue weighted by molar-refractivity contribution is 0.503. The monoisotopic (exact) mass is 375 g/mol. The molecule has 0 amide bonds. The summed E-state index contributed by atoms with van der Waals surface area (Å²) < 4.78 is 53.0. The predicted octanol–water partition coefficient (Wildman–Crippen LogP) is 3.38. The maximum Gasteiger partial charge on any atom is 0.241 e. The van der Waals surface area contributed by atoms with Crippen LogP contribution in [0, 0.1) is 11.6 Å². The summed E-state index contributed by atoms with van der Waals surface area (Å²) in [7, 11) is -3.95. The molecule has 0 aliphatic carbocycles. The first-order chi connectivity index (χ1) is 9.94.